The average Bonchev–Trinajstić information content (AvgIpc) is 3.14. The number of aliphatic carboxylic acids is 1. The first-order valence-electron chi connectivity index (χ1n) is 14.3. The number of carboxylic acids is 1. The molecule has 7 heteroatoms. The smallest absolute Gasteiger partial charge is 0.333 e. The largest absolute Gasteiger partial charge is 0.481 e. The predicted octanol–water partition coefficient (Wildman–Crippen LogP) is 7.26. The second kappa shape index (κ2) is 21.4. The van der Waals surface area contributed by atoms with Gasteiger partial charge in [-0.3, -0.25) is 14.4 Å². The summed E-state index contributed by atoms with van der Waals surface area (Å²) >= 11 is 0. The van der Waals surface area contributed by atoms with Gasteiger partial charge < -0.3 is 9.94 Å². The molecule has 0 aromatic carbocycles. The highest BCUT2D eigenvalue weighted by atomic mass is 16.7. The number of hydroxylamine groups is 2. The average molecular weight is 496 g/mol. The minimum atomic E-state index is -0.675. The summed E-state index contributed by atoms with van der Waals surface area (Å²) < 4.78 is 0. The lowest BCUT2D eigenvalue weighted by molar-refractivity contribution is -0.197. The van der Waals surface area contributed by atoms with Gasteiger partial charge in [0.1, 0.15) is 0 Å². The minimum absolute atomic E-state index is 0.133. The van der Waals surface area contributed by atoms with Gasteiger partial charge in [-0.25, -0.2) is 4.79 Å². The monoisotopic (exact) mass is 495 g/mol. The molecule has 1 N–H and O–H groups in total. The van der Waals surface area contributed by atoms with Crippen LogP contribution in [-0.4, -0.2) is 33.9 Å². The Morgan fingerprint density at radius 3 is 1.14 bits per heavy atom. The van der Waals surface area contributed by atoms with E-state index in [-0.39, 0.29) is 19.3 Å². The van der Waals surface area contributed by atoms with Gasteiger partial charge in [-0.1, -0.05) is 116 Å². The van der Waals surface area contributed by atoms with Crippen LogP contribution >= 0.6 is 0 Å². The van der Waals surface area contributed by atoms with Crippen molar-refractivity contribution in [2.24, 2.45) is 0 Å². The van der Waals surface area contributed by atoms with E-state index in [0.717, 1.165) is 32.1 Å². The van der Waals surface area contributed by atoms with Crippen LogP contribution in [0.1, 0.15) is 154 Å². The first-order valence-corrected chi connectivity index (χ1v) is 14.3. The Bertz CT molecular complexity index is 590. The fourth-order valence-corrected chi connectivity index (χ4v) is 4.53. The number of unbranched alkanes of at least 4 members (excludes halogenated alkanes) is 19. The number of nitrogens with zero attached hydrogens (tertiary/aromatic N) is 1. The minimum Gasteiger partial charge on any atom is -0.481 e. The lowest BCUT2D eigenvalue weighted by Crippen LogP contribution is -2.31. The molecule has 1 fully saturated rings. The maximum Gasteiger partial charge on any atom is 0.333 e. The Labute approximate surface area is 212 Å². The number of carbonyl (C=O) groups is 4. The number of amides is 2. The van der Waals surface area contributed by atoms with E-state index in [1.807, 2.05) is 0 Å². The van der Waals surface area contributed by atoms with Crippen molar-refractivity contribution in [3.8, 4) is 0 Å². The summed E-state index contributed by atoms with van der Waals surface area (Å²) in [6.45, 7) is 0. The zero-order valence-electron chi connectivity index (χ0n) is 21.9. The van der Waals surface area contributed by atoms with Gasteiger partial charge in [-0.05, 0) is 12.8 Å². The molecule has 202 valence electrons. The van der Waals surface area contributed by atoms with E-state index in [2.05, 4.69) is 0 Å². The van der Waals surface area contributed by atoms with E-state index in [1.54, 1.807) is 0 Å². The molecule has 0 aromatic rings. The highest BCUT2D eigenvalue weighted by molar-refractivity contribution is 6.01. The van der Waals surface area contributed by atoms with Crippen LogP contribution in [0.3, 0.4) is 0 Å². The third-order valence-corrected chi connectivity index (χ3v) is 6.72. The van der Waals surface area contributed by atoms with E-state index in [1.165, 1.54) is 96.3 Å². The zero-order valence-corrected chi connectivity index (χ0v) is 21.9. The molecule has 0 aliphatic carbocycles. The van der Waals surface area contributed by atoms with Crippen LogP contribution in [0, 0.1) is 0 Å². The standard InChI is InChI=1S/C28H49NO6/c30-25-23-24-26(31)29(25)35-28(34)22-20-18-16-14-12-10-8-6-4-2-1-3-5-7-9-11-13-15-17-19-21-27(32)33/h1-24H2,(H,32,33). The Hall–Kier alpha value is -1.92. The van der Waals surface area contributed by atoms with Gasteiger partial charge in [0.2, 0.25) is 0 Å². The van der Waals surface area contributed by atoms with Crippen LogP contribution in [0.2, 0.25) is 0 Å². The lowest BCUT2D eigenvalue weighted by Gasteiger charge is -2.12. The molecule has 7 nitrogen and oxygen atoms in total. The predicted molar refractivity (Wildman–Crippen MR) is 136 cm³/mol. The molecule has 1 aliphatic heterocycles. The van der Waals surface area contributed by atoms with Crippen LogP contribution in [0.5, 0.6) is 0 Å². The Morgan fingerprint density at radius 1 is 0.543 bits per heavy atom. The maximum atomic E-state index is 11.7. The highest BCUT2D eigenvalue weighted by Gasteiger charge is 2.32. The molecular formula is C28H49NO6. The van der Waals surface area contributed by atoms with Gasteiger partial charge in [0, 0.05) is 25.7 Å². The number of carboxylic acid groups (broad SMARTS) is 1. The van der Waals surface area contributed by atoms with Gasteiger partial charge in [-0.2, -0.15) is 0 Å². The van der Waals surface area contributed by atoms with Crippen LogP contribution in [0.25, 0.3) is 0 Å². The normalized spacial score (nSPS) is 13.5. The van der Waals surface area contributed by atoms with Crippen LogP contribution < -0.4 is 0 Å². The van der Waals surface area contributed by atoms with E-state index in [4.69, 9.17) is 9.94 Å². The molecule has 1 saturated heterocycles. The number of hydrogen-bond acceptors (Lipinski definition) is 5. The summed E-state index contributed by atoms with van der Waals surface area (Å²) in [5.74, 6) is -2.01. The van der Waals surface area contributed by atoms with Crippen molar-refractivity contribution in [3.05, 3.63) is 0 Å². The van der Waals surface area contributed by atoms with Gasteiger partial charge in [-0.15, -0.1) is 5.06 Å². The summed E-state index contributed by atoms with van der Waals surface area (Å²) in [4.78, 5) is 49.9. The molecule has 35 heavy (non-hydrogen) atoms. The van der Waals surface area contributed by atoms with Crippen molar-refractivity contribution >= 4 is 23.8 Å². The summed E-state index contributed by atoms with van der Waals surface area (Å²) in [5, 5.41) is 9.23. The van der Waals surface area contributed by atoms with Crippen LogP contribution in [0.4, 0.5) is 0 Å². The first kappa shape index (κ1) is 31.1. The lowest BCUT2D eigenvalue weighted by atomic mass is 10.0. The molecule has 0 saturated carbocycles. The molecule has 0 bridgehead atoms. The number of rotatable bonds is 24. The molecule has 0 atom stereocenters. The second-order valence-electron chi connectivity index (χ2n) is 10.0. The summed E-state index contributed by atoms with van der Waals surface area (Å²) in [6, 6.07) is 0. The zero-order chi connectivity index (χ0) is 25.6. The molecular weight excluding hydrogens is 446 g/mol. The molecule has 2 amide bonds. The third-order valence-electron chi connectivity index (χ3n) is 6.72. The van der Waals surface area contributed by atoms with Gasteiger partial charge >= 0.3 is 11.9 Å². The van der Waals surface area contributed by atoms with Crippen LogP contribution in [-0.2, 0) is 24.0 Å². The molecule has 1 rings (SSSR count). The van der Waals surface area contributed by atoms with E-state index in [0.29, 0.717) is 11.5 Å². The Morgan fingerprint density at radius 2 is 0.829 bits per heavy atom. The summed E-state index contributed by atoms with van der Waals surface area (Å²) in [6.07, 6.45) is 25.1. The van der Waals surface area contributed by atoms with Crippen molar-refractivity contribution in [1.82, 2.24) is 5.06 Å². The Balaban J connectivity index is 1.72. The van der Waals surface area contributed by atoms with Crippen molar-refractivity contribution < 1.29 is 29.1 Å². The molecule has 0 unspecified atom stereocenters. The number of hydrogen-bond donors (Lipinski definition) is 1. The van der Waals surface area contributed by atoms with E-state index in [9.17, 15) is 19.2 Å². The maximum absolute atomic E-state index is 11.7. The highest BCUT2D eigenvalue weighted by Crippen LogP contribution is 2.16. The van der Waals surface area contributed by atoms with Crippen molar-refractivity contribution in [1.29, 1.82) is 0 Å². The SMILES string of the molecule is O=C(O)CCCCCCCCCCCCCCCCCCCCCCC(=O)ON1C(=O)CCC1=O. The van der Waals surface area contributed by atoms with Crippen LogP contribution in [0.15, 0.2) is 0 Å². The fourth-order valence-electron chi connectivity index (χ4n) is 4.53. The quantitative estimate of drug-likeness (QED) is 0.112. The van der Waals surface area contributed by atoms with E-state index >= 15 is 0 Å². The molecule has 0 radical (unpaired) electrons. The topological polar surface area (TPSA) is 101 Å². The second-order valence-corrected chi connectivity index (χ2v) is 10.0. The van der Waals surface area contributed by atoms with E-state index < -0.39 is 23.8 Å². The third kappa shape index (κ3) is 18.1. The number of imide groups is 1. The van der Waals surface area contributed by atoms with Gasteiger partial charge in [0.15, 0.2) is 0 Å². The fraction of sp³-hybridized carbons (Fsp3) is 0.857. The van der Waals surface area contributed by atoms with Gasteiger partial charge in [0.25, 0.3) is 11.8 Å². The number of carbonyl (C=O) groups excluding carboxylic acids is 3. The van der Waals surface area contributed by atoms with Crippen molar-refractivity contribution in [3.63, 3.8) is 0 Å². The molecule has 0 spiro atoms. The summed E-state index contributed by atoms with van der Waals surface area (Å²) in [5.41, 5.74) is 0. The van der Waals surface area contributed by atoms with Crippen molar-refractivity contribution in [2.75, 3.05) is 0 Å². The van der Waals surface area contributed by atoms with Gasteiger partial charge in [0.05, 0.1) is 0 Å². The molecule has 0 aromatic heterocycles. The van der Waals surface area contributed by atoms with Crippen molar-refractivity contribution in [2.45, 2.75) is 154 Å². The molecule has 1 aliphatic rings. The first-order chi connectivity index (χ1) is 17.0. The molecule has 1 heterocycles. The Kier molecular flexibility index (Phi) is 19.0. The summed E-state index contributed by atoms with van der Waals surface area (Å²) in [7, 11) is 0.